The molecule has 0 amide bonds. The predicted octanol–water partition coefficient (Wildman–Crippen LogP) is 0.175. The van der Waals surface area contributed by atoms with Crippen LogP contribution < -0.4 is 16.6 Å². The molecule has 1 atom stereocenters. The molecule has 0 aliphatic heterocycles. The van der Waals surface area contributed by atoms with Crippen molar-refractivity contribution in [1.82, 2.24) is 9.55 Å². The maximum atomic E-state index is 11.5. The van der Waals surface area contributed by atoms with Gasteiger partial charge in [0.15, 0.2) is 5.82 Å². The lowest BCUT2D eigenvalue weighted by atomic mass is 10.1. The van der Waals surface area contributed by atoms with Crippen LogP contribution in [-0.4, -0.2) is 22.1 Å². The van der Waals surface area contributed by atoms with Gasteiger partial charge in [0, 0.05) is 32.0 Å². The second kappa shape index (κ2) is 4.93. The molecule has 1 aromatic heterocycles. The Balaban J connectivity index is 2.66. The van der Waals surface area contributed by atoms with Gasteiger partial charge >= 0.3 is 0 Å². The predicted molar refractivity (Wildman–Crippen MR) is 60.8 cm³/mol. The van der Waals surface area contributed by atoms with Gasteiger partial charge in [-0.2, -0.15) is 0 Å². The van der Waals surface area contributed by atoms with Gasteiger partial charge in [0.1, 0.15) is 0 Å². The first kappa shape index (κ1) is 11.7. The minimum absolute atomic E-state index is 0.0247. The highest BCUT2D eigenvalue weighted by atomic mass is 16.1. The highest BCUT2D eigenvalue weighted by Gasteiger charge is 2.08. The molecule has 84 valence electrons. The Kier molecular flexibility index (Phi) is 3.85. The van der Waals surface area contributed by atoms with E-state index in [-0.39, 0.29) is 11.6 Å². The Morgan fingerprint density at radius 2 is 2.27 bits per heavy atom. The van der Waals surface area contributed by atoms with Crippen molar-refractivity contribution in [2.24, 2.45) is 18.7 Å². The van der Waals surface area contributed by atoms with Gasteiger partial charge in [-0.25, -0.2) is 4.98 Å². The van der Waals surface area contributed by atoms with Crippen molar-refractivity contribution in [3.63, 3.8) is 0 Å². The second-order valence-corrected chi connectivity index (χ2v) is 3.98. The summed E-state index contributed by atoms with van der Waals surface area (Å²) < 4.78 is 1.48. The lowest BCUT2D eigenvalue weighted by Gasteiger charge is -2.16. The topological polar surface area (TPSA) is 72.9 Å². The van der Waals surface area contributed by atoms with E-state index in [1.165, 1.54) is 4.57 Å². The van der Waals surface area contributed by atoms with Crippen molar-refractivity contribution < 1.29 is 0 Å². The Bertz CT molecular complexity index is 372. The second-order valence-electron chi connectivity index (χ2n) is 3.98. The number of aryl methyl sites for hydroxylation is 1. The van der Waals surface area contributed by atoms with Crippen molar-refractivity contribution in [3.8, 4) is 0 Å². The third kappa shape index (κ3) is 3.06. The van der Waals surface area contributed by atoms with E-state index in [4.69, 9.17) is 5.73 Å². The zero-order chi connectivity index (χ0) is 11.4. The van der Waals surface area contributed by atoms with Crippen LogP contribution in [-0.2, 0) is 7.05 Å². The summed E-state index contributed by atoms with van der Waals surface area (Å²) >= 11 is 0. The quantitative estimate of drug-likeness (QED) is 0.743. The third-order valence-electron chi connectivity index (χ3n) is 2.38. The van der Waals surface area contributed by atoms with E-state index < -0.39 is 0 Å². The third-order valence-corrected chi connectivity index (χ3v) is 2.38. The number of nitrogens with zero attached hydrogens (tertiary/aromatic N) is 2. The van der Waals surface area contributed by atoms with E-state index in [9.17, 15) is 4.79 Å². The summed E-state index contributed by atoms with van der Waals surface area (Å²) in [4.78, 5) is 15.5. The maximum Gasteiger partial charge on any atom is 0.293 e. The van der Waals surface area contributed by atoms with Crippen LogP contribution >= 0.6 is 0 Å². The average molecular weight is 210 g/mol. The lowest BCUT2D eigenvalue weighted by Crippen LogP contribution is -2.35. The summed E-state index contributed by atoms with van der Waals surface area (Å²) in [5, 5.41) is 2.97. The molecule has 0 saturated carbocycles. The van der Waals surface area contributed by atoms with E-state index in [1.807, 2.05) is 13.8 Å². The smallest absolute Gasteiger partial charge is 0.293 e. The monoisotopic (exact) mass is 210 g/mol. The average Bonchev–Trinajstić information content (AvgIpc) is 2.19. The number of nitrogens with one attached hydrogen (secondary N) is 1. The molecule has 0 aliphatic rings. The first-order chi connectivity index (χ1) is 7.02. The number of nitrogens with two attached hydrogens (primary N) is 1. The molecule has 1 unspecified atom stereocenters. The van der Waals surface area contributed by atoms with Crippen LogP contribution in [0.5, 0.6) is 0 Å². The van der Waals surface area contributed by atoms with Gasteiger partial charge in [0.25, 0.3) is 5.56 Å². The molecule has 0 fully saturated rings. The van der Waals surface area contributed by atoms with Crippen LogP contribution in [0.1, 0.15) is 13.8 Å². The maximum absolute atomic E-state index is 11.5. The van der Waals surface area contributed by atoms with Crippen LogP contribution in [0.3, 0.4) is 0 Å². The van der Waals surface area contributed by atoms with Crippen molar-refractivity contribution in [3.05, 3.63) is 22.7 Å². The number of hydrogen-bond acceptors (Lipinski definition) is 4. The SMILES string of the molecule is CC(C)C(N)CNc1nccn(C)c1=O. The fourth-order valence-electron chi connectivity index (χ4n) is 1.07. The number of aromatic nitrogens is 2. The summed E-state index contributed by atoms with van der Waals surface area (Å²) in [6.45, 7) is 4.65. The standard InChI is InChI=1S/C10H18N4O/c1-7(2)8(11)6-13-9-10(15)14(3)5-4-12-9/h4-5,7-8H,6,11H2,1-3H3,(H,12,13). The van der Waals surface area contributed by atoms with E-state index in [0.717, 1.165) is 0 Å². The van der Waals surface area contributed by atoms with Crippen LogP contribution in [0.2, 0.25) is 0 Å². The highest BCUT2D eigenvalue weighted by molar-refractivity contribution is 5.30. The Morgan fingerprint density at radius 3 is 2.87 bits per heavy atom. The normalized spacial score (nSPS) is 12.9. The molecule has 0 aliphatic carbocycles. The zero-order valence-corrected chi connectivity index (χ0v) is 9.40. The molecule has 1 rings (SSSR count). The molecule has 3 N–H and O–H groups in total. The molecular weight excluding hydrogens is 192 g/mol. The van der Waals surface area contributed by atoms with E-state index in [2.05, 4.69) is 10.3 Å². The summed E-state index contributed by atoms with van der Waals surface area (Å²) in [5.74, 6) is 0.737. The fraction of sp³-hybridized carbons (Fsp3) is 0.600. The molecule has 0 spiro atoms. The highest BCUT2D eigenvalue weighted by Crippen LogP contribution is 1.99. The lowest BCUT2D eigenvalue weighted by molar-refractivity contribution is 0.510. The van der Waals surface area contributed by atoms with Crippen molar-refractivity contribution in [1.29, 1.82) is 0 Å². The van der Waals surface area contributed by atoms with Gasteiger partial charge in [-0.05, 0) is 5.92 Å². The van der Waals surface area contributed by atoms with Crippen LogP contribution in [0.15, 0.2) is 17.2 Å². The van der Waals surface area contributed by atoms with E-state index >= 15 is 0 Å². The van der Waals surface area contributed by atoms with Crippen LogP contribution in [0.4, 0.5) is 5.82 Å². The van der Waals surface area contributed by atoms with Crippen LogP contribution in [0.25, 0.3) is 0 Å². The van der Waals surface area contributed by atoms with E-state index in [0.29, 0.717) is 18.3 Å². The Labute approximate surface area is 89.3 Å². The largest absolute Gasteiger partial charge is 0.364 e. The summed E-state index contributed by atoms with van der Waals surface area (Å²) in [6, 6.07) is 0.0247. The molecule has 0 radical (unpaired) electrons. The molecule has 1 heterocycles. The van der Waals surface area contributed by atoms with Gasteiger partial charge in [-0.3, -0.25) is 4.79 Å². The molecule has 0 saturated heterocycles. The fourth-order valence-corrected chi connectivity index (χ4v) is 1.07. The Morgan fingerprint density at radius 1 is 1.60 bits per heavy atom. The van der Waals surface area contributed by atoms with Gasteiger partial charge in [-0.1, -0.05) is 13.8 Å². The van der Waals surface area contributed by atoms with Gasteiger partial charge in [0.05, 0.1) is 0 Å². The first-order valence-electron chi connectivity index (χ1n) is 5.03. The number of rotatable bonds is 4. The number of hydrogen-bond donors (Lipinski definition) is 2. The molecular formula is C10H18N4O. The molecule has 0 aromatic carbocycles. The molecule has 5 heteroatoms. The molecule has 0 bridgehead atoms. The first-order valence-corrected chi connectivity index (χ1v) is 5.03. The van der Waals surface area contributed by atoms with Gasteiger partial charge in [-0.15, -0.1) is 0 Å². The minimum Gasteiger partial charge on any atom is -0.364 e. The summed E-state index contributed by atoms with van der Waals surface area (Å²) in [7, 11) is 1.69. The van der Waals surface area contributed by atoms with Crippen LogP contribution in [0, 0.1) is 5.92 Å². The Hall–Kier alpha value is -1.36. The van der Waals surface area contributed by atoms with Crippen molar-refractivity contribution in [2.75, 3.05) is 11.9 Å². The minimum atomic E-state index is -0.131. The van der Waals surface area contributed by atoms with Crippen molar-refractivity contribution >= 4 is 5.82 Å². The molecule has 1 aromatic rings. The molecule has 5 nitrogen and oxygen atoms in total. The molecule has 15 heavy (non-hydrogen) atoms. The van der Waals surface area contributed by atoms with Gasteiger partial charge in [0.2, 0.25) is 0 Å². The van der Waals surface area contributed by atoms with Gasteiger partial charge < -0.3 is 15.6 Å². The van der Waals surface area contributed by atoms with E-state index in [1.54, 1.807) is 19.4 Å². The summed E-state index contributed by atoms with van der Waals surface area (Å²) in [5.41, 5.74) is 5.72. The van der Waals surface area contributed by atoms with Crippen molar-refractivity contribution in [2.45, 2.75) is 19.9 Å². The zero-order valence-electron chi connectivity index (χ0n) is 9.40. The number of anilines is 1. The summed E-state index contributed by atoms with van der Waals surface area (Å²) in [6.07, 6.45) is 3.21.